The largest absolute Gasteiger partial charge is 0.335 e. The second-order valence-corrected chi connectivity index (χ2v) is 6.79. The predicted molar refractivity (Wildman–Crippen MR) is 103 cm³/mol. The lowest BCUT2D eigenvalue weighted by molar-refractivity contribution is -0.131. The third kappa shape index (κ3) is 3.76. The van der Waals surface area contributed by atoms with Crippen LogP contribution in [-0.4, -0.2) is 24.1 Å². The second-order valence-electron chi connectivity index (χ2n) is 5.54. The molecule has 1 N–H and O–H groups in total. The summed E-state index contributed by atoms with van der Waals surface area (Å²) < 4.78 is 0.989. The van der Waals surface area contributed by atoms with Crippen molar-refractivity contribution in [2.24, 2.45) is 10.9 Å². The molecule has 2 aromatic carbocycles. The lowest BCUT2D eigenvalue weighted by atomic mass is 10.1. The molecule has 0 aliphatic carbocycles. The number of hydrogen-bond donors (Lipinski definition) is 1. The van der Waals surface area contributed by atoms with Gasteiger partial charge in [0.1, 0.15) is 0 Å². The highest BCUT2D eigenvalue weighted by Gasteiger charge is 2.40. The van der Waals surface area contributed by atoms with Gasteiger partial charge in [0.25, 0.3) is 5.91 Å². The summed E-state index contributed by atoms with van der Waals surface area (Å²) in [6, 6.07) is 13.6. The first kappa shape index (κ1) is 17.3. The van der Waals surface area contributed by atoms with Crippen molar-refractivity contribution in [1.29, 1.82) is 0 Å². The number of aliphatic imine (C=N–C) groups is 1. The number of imide groups is 2. The molecule has 0 bridgehead atoms. The van der Waals surface area contributed by atoms with Gasteiger partial charge in [-0.2, -0.15) is 0 Å². The standard InChI is InChI=1S/C18H14IN3O3/c1-11-4-2-7-14(8-11)22-17(24)15(16(23)21-18(22)25)10-20-13-6-3-5-12(19)9-13/h2-10,15H,1H3,(H,21,23,25)/t15-/m1/s1. The lowest BCUT2D eigenvalue weighted by Crippen LogP contribution is -2.58. The molecule has 126 valence electrons. The zero-order chi connectivity index (χ0) is 18.0. The van der Waals surface area contributed by atoms with Crippen molar-refractivity contribution in [3.63, 3.8) is 0 Å². The molecule has 1 aliphatic rings. The zero-order valence-electron chi connectivity index (χ0n) is 13.3. The van der Waals surface area contributed by atoms with Crippen LogP contribution in [0.2, 0.25) is 0 Å². The Balaban J connectivity index is 1.90. The number of benzene rings is 2. The Bertz CT molecular complexity index is 895. The number of carbonyl (C=O) groups is 3. The average Bonchev–Trinajstić information content (AvgIpc) is 2.54. The van der Waals surface area contributed by atoms with Crippen molar-refractivity contribution >= 4 is 58.0 Å². The topological polar surface area (TPSA) is 78.8 Å². The minimum Gasteiger partial charge on any atom is -0.276 e. The summed E-state index contributed by atoms with van der Waals surface area (Å²) >= 11 is 2.15. The van der Waals surface area contributed by atoms with E-state index in [1.807, 2.05) is 31.2 Å². The molecule has 1 heterocycles. The Morgan fingerprint density at radius 3 is 2.60 bits per heavy atom. The number of aryl methyl sites for hydroxylation is 1. The SMILES string of the molecule is Cc1cccc(N2C(=O)NC(=O)[C@@H](C=Nc3cccc(I)c3)C2=O)c1. The Hall–Kier alpha value is -2.55. The summed E-state index contributed by atoms with van der Waals surface area (Å²) in [6.07, 6.45) is 1.28. The van der Waals surface area contributed by atoms with E-state index in [-0.39, 0.29) is 0 Å². The van der Waals surface area contributed by atoms with E-state index < -0.39 is 23.8 Å². The number of carbonyl (C=O) groups excluding carboxylic acids is 3. The van der Waals surface area contributed by atoms with Gasteiger partial charge in [0.2, 0.25) is 5.91 Å². The van der Waals surface area contributed by atoms with Gasteiger partial charge >= 0.3 is 6.03 Å². The molecular formula is C18H14IN3O3. The zero-order valence-corrected chi connectivity index (χ0v) is 15.4. The maximum atomic E-state index is 12.7. The van der Waals surface area contributed by atoms with Gasteiger partial charge in [-0.3, -0.25) is 19.9 Å². The van der Waals surface area contributed by atoms with Crippen LogP contribution in [0, 0.1) is 16.4 Å². The van der Waals surface area contributed by atoms with Gasteiger partial charge < -0.3 is 0 Å². The van der Waals surface area contributed by atoms with Crippen molar-refractivity contribution < 1.29 is 14.4 Å². The molecule has 3 rings (SSSR count). The van der Waals surface area contributed by atoms with Crippen LogP contribution < -0.4 is 10.2 Å². The number of rotatable bonds is 3. The molecule has 0 unspecified atom stereocenters. The lowest BCUT2D eigenvalue weighted by Gasteiger charge is -2.28. The van der Waals surface area contributed by atoms with E-state index >= 15 is 0 Å². The van der Waals surface area contributed by atoms with Gasteiger partial charge in [0.05, 0.1) is 11.4 Å². The highest BCUT2D eigenvalue weighted by atomic mass is 127. The van der Waals surface area contributed by atoms with Crippen LogP contribution in [0.15, 0.2) is 53.5 Å². The summed E-state index contributed by atoms with van der Waals surface area (Å²) in [7, 11) is 0. The van der Waals surface area contributed by atoms with E-state index in [1.165, 1.54) is 6.21 Å². The van der Waals surface area contributed by atoms with Crippen LogP contribution in [0.5, 0.6) is 0 Å². The number of barbiturate groups is 1. The molecule has 1 aliphatic heterocycles. The molecule has 2 aromatic rings. The summed E-state index contributed by atoms with van der Waals surface area (Å²) in [6.45, 7) is 1.86. The van der Waals surface area contributed by atoms with Gasteiger partial charge in [-0.15, -0.1) is 0 Å². The first-order valence-electron chi connectivity index (χ1n) is 7.51. The monoisotopic (exact) mass is 447 g/mol. The second kappa shape index (κ2) is 7.14. The Kier molecular flexibility index (Phi) is 4.93. The smallest absolute Gasteiger partial charge is 0.276 e. The summed E-state index contributed by atoms with van der Waals surface area (Å²) in [5.74, 6) is -2.45. The van der Waals surface area contributed by atoms with Gasteiger partial charge in [-0.1, -0.05) is 18.2 Å². The van der Waals surface area contributed by atoms with E-state index in [0.29, 0.717) is 11.4 Å². The van der Waals surface area contributed by atoms with Crippen molar-refractivity contribution in [3.8, 4) is 0 Å². The summed E-state index contributed by atoms with van der Waals surface area (Å²) in [4.78, 5) is 42.1. The molecule has 0 aromatic heterocycles. The van der Waals surface area contributed by atoms with Crippen molar-refractivity contribution in [2.45, 2.75) is 6.92 Å². The first-order valence-corrected chi connectivity index (χ1v) is 8.59. The Morgan fingerprint density at radius 1 is 1.12 bits per heavy atom. The van der Waals surface area contributed by atoms with Crippen LogP contribution in [-0.2, 0) is 9.59 Å². The molecule has 1 saturated heterocycles. The molecule has 4 amide bonds. The Morgan fingerprint density at radius 2 is 1.88 bits per heavy atom. The van der Waals surface area contributed by atoms with Crippen LogP contribution in [0.3, 0.4) is 0 Å². The fraction of sp³-hybridized carbons (Fsp3) is 0.111. The first-order chi connectivity index (χ1) is 12.0. The number of nitrogens with zero attached hydrogens (tertiary/aromatic N) is 2. The number of amides is 4. The third-order valence-electron chi connectivity index (χ3n) is 3.64. The van der Waals surface area contributed by atoms with Gasteiger partial charge in [-0.25, -0.2) is 9.69 Å². The van der Waals surface area contributed by atoms with E-state index in [0.717, 1.165) is 14.0 Å². The minimum absolute atomic E-state index is 0.419. The predicted octanol–water partition coefficient (Wildman–Crippen LogP) is 3.20. The summed E-state index contributed by atoms with van der Waals surface area (Å²) in [5, 5.41) is 2.21. The van der Waals surface area contributed by atoms with E-state index in [1.54, 1.807) is 24.3 Å². The van der Waals surface area contributed by atoms with Crippen molar-refractivity contribution in [1.82, 2.24) is 5.32 Å². The number of anilines is 1. The van der Waals surface area contributed by atoms with Crippen LogP contribution in [0.25, 0.3) is 0 Å². The van der Waals surface area contributed by atoms with Crippen molar-refractivity contribution in [2.75, 3.05) is 4.90 Å². The fourth-order valence-corrected chi connectivity index (χ4v) is 2.98. The molecule has 7 heteroatoms. The van der Waals surface area contributed by atoms with Crippen LogP contribution >= 0.6 is 22.6 Å². The maximum Gasteiger partial charge on any atom is 0.335 e. The molecule has 0 radical (unpaired) electrons. The molecular weight excluding hydrogens is 433 g/mol. The van der Waals surface area contributed by atoms with E-state index in [4.69, 9.17) is 0 Å². The van der Waals surface area contributed by atoms with Gasteiger partial charge in [-0.05, 0) is 65.4 Å². The molecule has 0 saturated carbocycles. The van der Waals surface area contributed by atoms with Crippen molar-refractivity contribution in [3.05, 3.63) is 57.7 Å². The molecule has 6 nitrogen and oxygen atoms in total. The Labute approximate surface area is 158 Å². The molecule has 1 fully saturated rings. The fourth-order valence-electron chi connectivity index (χ4n) is 2.45. The molecule has 1 atom stereocenters. The minimum atomic E-state index is -1.16. The van der Waals surface area contributed by atoms with Crippen LogP contribution in [0.4, 0.5) is 16.2 Å². The van der Waals surface area contributed by atoms with E-state index in [9.17, 15) is 14.4 Å². The highest BCUT2D eigenvalue weighted by Crippen LogP contribution is 2.22. The average molecular weight is 447 g/mol. The molecule has 0 spiro atoms. The maximum absolute atomic E-state index is 12.7. The number of halogens is 1. The molecule has 25 heavy (non-hydrogen) atoms. The number of urea groups is 1. The van der Waals surface area contributed by atoms with Crippen LogP contribution in [0.1, 0.15) is 5.56 Å². The third-order valence-corrected chi connectivity index (χ3v) is 4.31. The number of nitrogens with one attached hydrogen (secondary N) is 1. The quantitative estimate of drug-likeness (QED) is 0.446. The van der Waals surface area contributed by atoms with Gasteiger partial charge in [0, 0.05) is 9.78 Å². The summed E-state index contributed by atoms with van der Waals surface area (Å²) in [5.41, 5.74) is 1.95. The van der Waals surface area contributed by atoms with Gasteiger partial charge in [0.15, 0.2) is 5.92 Å². The normalized spacial score (nSPS) is 17.9. The highest BCUT2D eigenvalue weighted by molar-refractivity contribution is 14.1. The van der Waals surface area contributed by atoms with E-state index in [2.05, 4.69) is 32.9 Å². The number of hydrogen-bond acceptors (Lipinski definition) is 4.